The van der Waals surface area contributed by atoms with Gasteiger partial charge in [0.1, 0.15) is 0 Å². The molecule has 0 bridgehead atoms. The van der Waals surface area contributed by atoms with Crippen LogP contribution in [-0.4, -0.2) is 30.3 Å². The minimum Gasteiger partial charge on any atom is -0.452 e. The minimum absolute atomic E-state index is 0.00321. The third-order valence-electron chi connectivity index (χ3n) is 5.70. The van der Waals surface area contributed by atoms with Gasteiger partial charge in [-0.25, -0.2) is 4.79 Å². The number of carbonyl (C=O) groups excluding carboxylic acids is 4. The van der Waals surface area contributed by atoms with Crippen LogP contribution in [0.25, 0.3) is 0 Å². The van der Waals surface area contributed by atoms with Gasteiger partial charge in [-0.05, 0) is 60.9 Å². The number of ether oxygens (including phenoxy) is 1. The molecule has 1 fully saturated rings. The lowest BCUT2D eigenvalue weighted by molar-refractivity contribution is -0.123. The molecule has 4 rings (SSSR count). The molecule has 2 aromatic rings. The maximum absolute atomic E-state index is 12.9. The van der Waals surface area contributed by atoms with Crippen molar-refractivity contribution in [1.82, 2.24) is 0 Å². The van der Waals surface area contributed by atoms with E-state index in [4.69, 9.17) is 16.3 Å². The highest BCUT2D eigenvalue weighted by Crippen LogP contribution is 2.40. The summed E-state index contributed by atoms with van der Waals surface area (Å²) in [4.78, 5) is 51.1. The smallest absolute Gasteiger partial charge is 0.338 e. The molecule has 3 amide bonds. The standard InChI is InChI=1S/C24H21ClN2O5/c1-14-3-2-4-19-21(14)23(30)27(22(19)29)18-11-5-15(6-12-18)24(31)32-13-20(28)26-17-9-7-16(25)8-10-17/h2-3,5-12,14,19,21H,4,13H2,1H3,(H,26,28)/t14-,19-,21+/m1/s1. The van der Waals surface area contributed by atoms with Crippen molar-refractivity contribution in [3.05, 3.63) is 71.3 Å². The van der Waals surface area contributed by atoms with E-state index in [1.165, 1.54) is 29.2 Å². The molecule has 32 heavy (non-hydrogen) atoms. The van der Waals surface area contributed by atoms with E-state index in [2.05, 4.69) is 5.32 Å². The number of hydrogen-bond donors (Lipinski definition) is 1. The van der Waals surface area contributed by atoms with Crippen LogP contribution in [0.15, 0.2) is 60.7 Å². The number of fused-ring (bicyclic) bond motifs is 1. The molecule has 7 nitrogen and oxygen atoms in total. The number of nitrogens with zero attached hydrogens (tertiary/aromatic N) is 1. The number of carbonyl (C=O) groups is 4. The predicted molar refractivity (Wildman–Crippen MR) is 119 cm³/mol. The van der Waals surface area contributed by atoms with Gasteiger partial charge in [0.2, 0.25) is 11.8 Å². The molecule has 8 heteroatoms. The fourth-order valence-electron chi connectivity index (χ4n) is 4.09. The molecule has 1 aliphatic heterocycles. The quantitative estimate of drug-likeness (QED) is 0.422. The van der Waals surface area contributed by atoms with Crippen LogP contribution in [0.5, 0.6) is 0 Å². The maximum atomic E-state index is 12.9. The Morgan fingerprint density at radius 2 is 1.75 bits per heavy atom. The van der Waals surface area contributed by atoms with Gasteiger partial charge in [0.05, 0.1) is 23.1 Å². The lowest BCUT2D eigenvalue weighted by atomic mass is 9.78. The Kier molecular flexibility index (Phi) is 6.10. The highest BCUT2D eigenvalue weighted by Gasteiger charge is 2.50. The molecule has 3 atom stereocenters. The van der Waals surface area contributed by atoms with Gasteiger partial charge in [0.15, 0.2) is 6.61 Å². The van der Waals surface area contributed by atoms with Crippen molar-refractivity contribution < 1.29 is 23.9 Å². The Bertz CT molecular complexity index is 1090. The van der Waals surface area contributed by atoms with Crippen molar-refractivity contribution in [2.24, 2.45) is 17.8 Å². The highest BCUT2D eigenvalue weighted by atomic mass is 35.5. The van der Waals surface area contributed by atoms with E-state index in [-0.39, 0.29) is 35.1 Å². The molecule has 2 aliphatic rings. The van der Waals surface area contributed by atoms with Crippen LogP contribution in [0.2, 0.25) is 5.02 Å². The van der Waals surface area contributed by atoms with Crippen LogP contribution < -0.4 is 10.2 Å². The molecule has 1 N–H and O–H groups in total. The Balaban J connectivity index is 1.36. The number of hydrogen-bond acceptors (Lipinski definition) is 5. The second kappa shape index (κ2) is 8.96. The molecule has 164 valence electrons. The van der Waals surface area contributed by atoms with Crippen molar-refractivity contribution in [3.8, 4) is 0 Å². The molecule has 0 unspecified atom stereocenters. The summed E-state index contributed by atoms with van der Waals surface area (Å²) >= 11 is 5.80. The number of anilines is 2. The van der Waals surface area contributed by atoms with Gasteiger partial charge in [0, 0.05) is 10.7 Å². The number of halogens is 1. The molecule has 1 heterocycles. The van der Waals surface area contributed by atoms with Crippen molar-refractivity contribution in [1.29, 1.82) is 0 Å². The van der Waals surface area contributed by atoms with Crippen molar-refractivity contribution in [2.45, 2.75) is 13.3 Å². The number of imide groups is 1. The molecule has 1 saturated heterocycles. The van der Waals surface area contributed by atoms with Gasteiger partial charge >= 0.3 is 5.97 Å². The largest absolute Gasteiger partial charge is 0.452 e. The molecular weight excluding hydrogens is 432 g/mol. The van der Waals surface area contributed by atoms with Crippen LogP contribution in [-0.2, 0) is 19.1 Å². The number of esters is 1. The van der Waals surface area contributed by atoms with Gasteiger partial charge in [-0.15, -0.1) is 0 Å². The summed E-state index contributed by atoms with van der Waals surface area (Å²) in [5, 5.41) is 3.14. The molecule has 0 aromatic heterocycles. The fourth-order valence-corrected chi connectivity index (χ4v) is 4.22. The van der Waals surface area contributed by atoms with Gasteiger partial charge in [0.25, 0.3) is 5.91 Å². The number of nitrogens with one attached hydrogen (secondary N) is 1. The predicted octanol–water partition coefficient (Wildman–Crippen LogP) is 3.84. The van der Waals surface area contributed by atoms with Crippen LogP contribution >= 0.6 is 11.6 Å². The number of rotatable bonds is 5. The lowest BCUT2D eigenvalue weighted by Crippen LogP contribution is -2.31. The zero-order valence-corrected chi connectivity index (χ0v) is 18.0. The maximum Gasteiger partial charge on any atom is 0.338 e. The minimum atomic E-state index is -0.687. The topological polar surface area (TPSA) is 92.8 Å². The number of benzene rings is 2. The van der Waals surface area contributed by atoms with E-state index in [9.17, 15) is 19.2 Å². The third-order valence-corrected chi connectivity index (χ3v) is 5.95. The van der Waals surface area contributed by atoms with Gasteiger partial charge < -0.3 is 10.1 Å². The summed E-state index contributed by atoms with van der Waals surface area (Å²) in [6.07, 6.45) is 4.47. The van der Waals surface area contributed by atoms with Crippen molar-refractivity contribution in [3.63, 3.8) is 0 Å². The number of amides is 3. The average Bonchev–Trinajstić information content (AvgIpc) is 3.05. The zero-order valence-electron chi connectivity index (χ0n) is 17.3. The molecular formula is C24H21ClN2O5. The summed E-state index contributed by atoms with van der Waals surface area (Å²) in [7, 11) is 0. The number of allylic oxidation sites excluding steroid dienone is 2. The Labute approximate surface area is 190 Å². The van der Waals surface area contributed by atoms with E-state index in [1.807, 2.05) is 19.1 Å². The first-order chi connectivity index (χ1) is 15.3. The van der Waals surface area contributed by atoms with Crippen LogP contribution in [0, 0.1) is 17.8 Å². The normalized spacial score (nSPS) is 21.9. The molecule has 0 spiro atoms. The first-order valence-electron chi connectivity index (χ1n) is 10.2. The zero-order chi connectivity index (χ0) is 22.8. The Hall–Kier alpha value is -3.45. The fraction of sp³-hybridized carbons (Fsp3) is 0.250. The molecule has 2 aromatic carbocycles. The summed E-state index contributed by atoms with van der Waals surface area (Å²) < 4.78 is 5.05. The van der Waals surface area contributed by atoms with E-state index < -0.39 is 18.5 Å². The highest BCUT2D eigenvalue weighted by molar-refractivity contribution is 6.30. The van der Waals surface area contributed by atoms with Gasteiger partial charge in [-0.1, -0.05) is 30.7 Å². The SMILES string of the molecule is C[C@@H]1C=CC[C@H]2C(=O)N(c3ccc(C(=O)OCC(=O)Nc4ccc(Cl)cc4)cc3)C(=O)[C@@H]12. The lowest BCUT2D eigenvalue weighted by Gasteiger charge is -2.22. The summed E-state index contributed by atoms with van der Waals surface area (Å²) in [5.41, 5.74) is 1.16. The van der Waals surface area contributed by atoms with Crippen LogP contribution in [0.3, 0.4) is 0 Å². The molecule has 0 radical (unpaired) electrons. The van der Waals surface area contributed by atoms with E-state index >= 15 is 0 Å². The first kappa shape index (κ1) is 21.8. The molecule has 1 aliphatic carbocycles. The van der Waals surface area contributed by atoms with Gasteiger partial charge in [-0.3, -0.25) is 19.3 Å². The van der Waals surface area contributed by atoms with E-state index in [0.717, 1.165) is 0 Å². The van der Waals surface area contributed by atoms with Crippen LogP contribution in [0.4, 0.5) is 11.4 Å². The van der Waals surface area contributed by atoms with Crippen molar-refractivity contribution >= 4 is 46.7 Å². The van der Waals surface area contributed by atoms with Crippen LogP contribution in [0.1, 0.15) is 23.7 Å². The summed E-state index contributed by atoms with van der Waals surface area (Å²) in [6, 6.07) is 12.5. The summed E-state index contributed by atoms with van der Waals surface area (Å²) in [5.74, 6) is -2.30. The summed E-state index contributed by atoms with van der Waals surface area (Å²) in [6.45, 7) is 1.48. The van der Waals surface area contributed by atoms with E-state index in [1.54, 1.807) is 24.3 Å². The second-order valence-corrected chi connectivity index (χ2v) is 8.28. The van der Waals surface area contributed by atoms with Crippen molar-refractivity contribution in [2.75, 3.05) is 16.8 Å². The Morgan fingerprint density at radius 3 is 2.41 bits per heavy atom. The third kappa shape index (κ3) is 4.29. The second-order valence-electron chi connectivity index (χ2n) is 7.85. The monoisotopic (exact) mass is 452 g/mol. The molecule has 0 saturated carbocycles. The Morgan fingerprint density at radius 1 is 1.06 bits per heavy atom. The average molecular weight is 453 g/mol. The first-order valence-corrected chi connectivity index (χ1v) is 10.6. The van der Waals surface area contributed by atoms with Gasteiger partial charge in [-0.2, -0.15) is 0 Å². The van der Waals surface area contributed by atoms with E-state index in [0.29, 0.717) is 22.8 Å².